The molecule has 4 heteroatoms. The minimum absolute atomic E-state index is 0.0298. The highest BCUT2D eigenvalue weighted by atomic mass is 16.2. The molecule has 0 aromatic heterocycles. The Hall–Kier alpha value is -0.770. The van der Waals surface area contributed by atoms with Crippen LogP contribution < -0.4 is 16.0 Å². The molecule has 1 saturated heterocycles. The Morgan fingerprint density at radius 3 is 2.69 bits per heavy atom. The largest absolute Gasteiger partial charge is 0.338 e. The van der Waals surface area contributed by atoms with Crippen LogP contribution >= 0.6 is 0 Å². The van der Waals surface area contributed by atoms with E-state index in [0.29, 0.717) is 5.92 Å². The summed E-state index contributed by atoms with van der Waals surface area (Å²) in [6.45, 7) is 5.94. The van der Waals surface area contributed by atoms with Crippen molar-refractivity contribution >= 4 is 6.03 Å². The average Bonchev–Trinajstić information content (AvgIpc) is 2.15. The van der Waals surface area contributed by atoms with E-state index < -0.39 is 0 Å². The van der Waals surface area contributed by atoms with Crippen molar-refractivity contribution < 1.29 is 4.79 Å². The summed E-state index contributed by atoms with van der Waals surface area (Å²) < 4.78 is 0. The minimum Gasteiger partial charge on any atom is -0.338 e. The second kappa shape index (κ2) is 5.80. The van der Waals surface area contributed by atoms with Gasteiger partial charge < -0.3 is 16.0 Å². The number of nitrogens with one attached hydrogen (secondary N) is 3. The molecule has 0 atom stereocenters. The van der Waals surface area contributed by atoms with Crippen LogP contribution in [-0.2, 0) is 0 Å². The summed E-state index contributed by atoms with van der Waals surface area (Å²) in [5.74, 6) is 0.585. The maximum absolute atomic E-state index is 10.7. The fourth-order valence-electron chi connectivity index (χ4n) is 1.42. The lowest BCUT2D eigenvalue weighted by Gasteiger charge is -2.23. The summed E-state index contributed by atoms with van der Waals surface area (Å²) in [6.07, 6.45) is 2.31. The van der Waals surface area contributed by atoms with Gasteiger partial charge in [0.1, 0.15) is 0 Å². The maximum atomic E-state index is 10.7. The van der Waals surface area contributed by atoms with Crippen LogP contribution in [0.25, 0.3) is 0 Å². The Kier molecular flexibility index (Phi) is 4.60. The summed E-state index contributed by atoms with van der Waals surface area (Å²) in [5, 5.41) is 8.94. The fraction of sp³-hybridized carbons (Fsp3) is 0.889. The molecule has 1 aliphatic rings. The Morgan fingerprint density at radius 1 is 1.38 bits per heavy atom. The lowest BCUT2D eigenvalue weighted by molar-refractivity contribution is 0.227. The molecular formula is C9H19N3O. The molecule has 0 spiro atoms. The zero-order valence-electron chi connectivity index (χ0n) is 8.23. The third kappa shape index (κ3) is 4.12. The predicted octanol–water partition coefficient (Wildman–Crippen LogP) is 0.305. The van der Waals surface area contributed by atoms with Gasteiger partial charge in [-0.3, -0.25) is 0 Å². The van der Waals surface area contributed by atoms with E-state index in [1.807, 2.05) is 0 Å². The molecule has 0 aliphatic carbocycles. The zero-order chi connectivity index (χ0) is 9.52. The highest BCUT2D eigenvalue weighted by Gasteiger charge is 2.15. The highest BCUT2D eigenvalue weighted by Crippen LogP contribution is 2.02. The third-order valence-electron chi connectivity index (χ3n) is 2.26. The van der Waals surface area contributed by atoms with Gasteiger partial charge in [0.05, 0.1) is 0 Å². The summed E-state index contributed by atoms with van der Waals surface area (Å²) in [6, 6.07) is -0.0298. The van der Waals surface area contributed by atoms with E-state index in [1.54, 1.807) is 0 Å². The number of rotatable bonds is 5. The second-order valence-electron chi connectivity index (χ2n) is 3.50. The van der Waals surface area contributed by atoms with Crippen LogP contribution in [-0.4, -0.2) is 32.2 Å². The number of amides is 2. The van der Waals surface area contributed by atoms with E-state index >= 15 is 0 Å². The third-order valence-corrected chi connectivity index (χ3v) is 2.26. The average molecular weight is 185 g/mol. The smallest absolute Gasteiger partial charge is 0.314 e. The first-order valence-electron chi connectivity index (χ1n) is 5.05. The van der Waals surface area contributed by atoms with Gasteiger partial charge in [0.2, 0.25) is 0 Å². The number of carbonyl (C=O) groups is 1. The molecule has 0 aromatic carbocycles. The molecular weight excluding hydrogens is 166 g/mol. The Bertz CT molecular complexity index is 151. The molecule has 3 N–H and O–H groups in total. The molecule has 4 nitrogen and oxygen atoms in total. The van der Waals surface area contributed by atoms with Crippen LogP contribution in [0, 0.1) is 5.92 Å². The first-order chi connectivity index (χ1) is 6.33. The van der Waals surface area contributed by atoms with Crippen LogP contribution in [0.15, 0.2) is 0 Å². The van der Waals surface area contributed by atoms with Gasteiger partial charge in [-0.05, 0) is 31.8 Å². The highest BCUT2D eigenvalue weighted by molar-refractivity contribution is 5.74. The van der Waals surface area contributed by atoms with Crippen molar-refractivity contribution in [2.45, 2.75) is 19.8 Å². The maximum Gasteiger partial charge on any atom is 0.314 e. The first-order valence-corrected chi connectivity index (χ1v) is 5.05. The fourth-order valence-corrected chi connectivity index (χ4v) is 1.42. The molecule has 1 fully saturated rings. The van der Waals surface area contributed by atoms with Crippen LogP contribution in [0.3, 0.4) is 0 Å². The van der Waals surface area contributed by atoms with Gasteiger partial charge in [-0.25, -0.2) is 4.79 Å². The zero-order valence-corrected chi connectivity index (χ0v) is 8.23. The van der Waals surface area contributed by atoms with E-state index in [0.717, 1.165) is 32.6 Å². The number of hydrogen-bond donors (Lipinski definition) is 3. The van der Waals surface area contributed by atoms with Crippen molar-refractivity contribution in [3.8, 4) is 0 Å². The monoisotopic (exact) mass is 185 g/mol. The number of carbonyl (C=O) groups excluding carboxylic acids is 1. The number of urea groups is 1. The summed E-state index contributed by atoms with van der Waals surface area (Å²) in [7, 11) is 0. The molecule has 1 rings (SSSR count). The summed E-state index contributed by atoms with van der Waals surface area (Å²) >= 11 is 0. The quantitative estimate of drug-likeness (QED) is 0.540. The molecule has 0 unspecified atom stereocenters. The molecule has 76 valence electrons. The SMILES string of the molecule is CCCNCCC1CNC(=O)NC1. The van der Waals surface area contributed by atoms with E-state index in [9.17, 15) is 4.79 Å². The topological polar surface area (TPSA) is 53.2 Å². The van der Waals surface area contributed by atoms with E-state index in [-0.39, 0.29) is 6.03 Å². The molecule has 1 heterocycles. The normalized spacial score (nSPS) is 18.1. The van der Waals surface area contributed by atoms with E-state index in [4.69, 9.17) is 0 Å². The van der Waals surface area contributed by atoms with Crippen molar-refractivity contribution in [2.75, 3.05) is 26.2 Å². The van der Waals surface area contributed by atoms with Gasteiger partial charge in [-0.2, -0.15) is 0 Å². The molecule has 0 saturated carbocycles. The van der Waals surface area contributed by atoms with E-state index in [1.165, 1.54) is 6.42 Å². The van der Waals surface area contributed by atoms with Gasteiger partial charge in [-0.1, -0.05) is 6.92 Å². The van der Waals surface area contributed by atoms with Gasteiger partial charge in [0, 0.05) is 13.1 Å². The molecule has 2 amide bonds. The van der Waals surface area contributed by atoms with Gasteiger partial charge >= 0.3 is 6.03 Å². The summed E-state index contributed by atoms with van der Waals surface area (Å²) in [5.41, 5.74) is 0. The Labute approximate surface area is 79.5 Å². The van der Waals surface area contributed by atoms with Crippen molar-refractivity contribution in [3.63, 3.8) is 0 Å². The van der Waals surface area contributed by atoms with Gasteiger partial charge in [0.15, 0.2) is 0 Å². The standard InChI is InChI=1S/C9H19N3O/c1-2-4-10-5-3-8-6-11-9(13)12-7-8/h8,10H,2-7H2,1H3,(H2,11,12,13). The number of hydrogen-bond acceptors (Lipinski definition) is 2. The molecule has 0 radical (unpaired) electrons. The first kappa shape index (κ1) is 10.3. The van der Waals surface area contributed by atoms with E-state index in [2.05, 4.69) is 22.9 Å². The van der Waals surface area contributed by atoms with Crippen LogP contribution in [0.2, 0.25) is 0 Å². The molecule has 0 bridgehead atoms. The van der Waals surface area contributed by atoms with Gasteiger partial charge in [0.25, 0.3) is 0 Å². The van der Waals surface area contributed by atoms with Crippen molar-refractivity contribution in [3.05, 3.63) is 0 Å². The molecule has 0 aromatic rings. The van der Waals surface area contributed by atoms with Crippen molar-refractivity contribution in [1.82, 2.24) is 16.0 Å². The lowest BCUT2D eigenvalue weighted by Crippen LogP contribution is -2.48. The summed E-state index contributed by atoms with van der Waals surface area (Å²) in [4.78, 5) is 10.7. The Balaban J connectivity index is 1.99. The predicted molar refractivity (Wildman–Crippen MR) is 52.7 cm³/mol. The van der Waals surface area contributed by atoms with Gasteiger partial charge in [-0.15, -0.1) is 0 Å². The van der Waals surface area contributed by atoms with Crippen molar-refractivity contribution in [1.29, 1.82) is 0 Å². The lowest BCUT2D eigenvalue weighted by atomic mass is 10.0. The molecule has 13 heavy (non-hydrogen) atoms. The van der Waals surface area contributed by atoms with Crippen LogP contribution in [0.5, 0.6) is 0 Å². The minimum atomic E-state index is -0.0298. The second-order valence-corrected chi connectivity index (χ2v) is 3.50. The molecule has 1 aliphatic heterocycles. The van der Waals surface area contributed by atoms with Crippen LogP contribution in [0.1, 0.15) is 19.8 Å². The Morgan fingerprint density at radius 2 is 2.08 bits per heavy atom. The van der Waals surface area contributed by atoms with Crippen molar-refractivity contribution in [2.24, 2.45) is 5.92 Å². The van der Waals surface area contributed by atoms with Crippen LogP contribution in [0.4, 0.5) is 4.79 Å².